The topological polar surface area (TPSA) is 78.3 Å². The van der Waals surface area contributed by atoms with E-state index in [0.717, 1.165) is 11.1 Å². The third-order valence-corrected chi connectivity index (χ3v) is 4.97. The molecule has 0 aliphatic heterocycles. The summed E-state index contributed by atoms with van der Waals surface area (Å²) in [6, 6.07) is 10.5. The summed E-state index contributed by atoms with van der Waals surface area (Å²) >= 11 is 0. The Morgan fingerprint density at radius 3 is 2.52 bits per heavy atom. The van der Waals surface area contributed by atoms with E-state index in [1.165, 1.54) is 0 Å². The van der Waals surface area contributed by atoms with Crippen molar-refractivity contribution in [2.75, 3.05) is 0 Å². The van der Waals surface area contributed by atoms with Crippen molar-refractivity contribution in [2.24, 2.45) is 0 Å². The molecule has 3 aromatic rings. The lowest BCUT2D eigenvalue weighted by atomic mass is 9.99. The number of Topliss-reactive ketones (excluding diaryl/α,β-unsaturated/α-hetero) is 1. The molecule has 2 aromatic carbocycles. The van der Waals surface area contributed by atoms with Crippen LogP contribution in [0.25, 0.3) is 11.0 Å². The van der Waals surface area contributed by atoms with Gasteiger partial charge in [-0.25, -0.2) is 9.78 Å². The predicted octanol–water partition coefficient (Wildman–Crippen LogP) is 3.77. The third kappa shape index (κ3) is 3.97. The zero-order chi connectivity index (χ0) is 21.3. The number of rotatable bonds is 5. The van der Waals surface area contributed by atoms with Gasteiger partial charge in [-0.1, -0.05) is 17.7 Å². The average Bonchev–Trinajstić information content (AvgIpc) is 2.69. The number of esters is 1. The van der Waals surface area contributed by atoms with Crippen LogP contribution < -0.4 is 5.56 Å². The Kier molecular flexibility index (Phi) is 5.64. The van der Waals surface area contributed by atoms with Gasteiger partial charge in [-0.15, -0.1) is 0 Å². The second-order valence-corrected chi connectivity index (χ2v) is 7.18. The van der Waals surface area contributed by atoms with Crippen LogP contribution in [-0.2, 0) is 11.3 Å². The van der Waals surface area contributed by atoms with Crippen molar-refractivity contribution < 1.29 is 14.3 Å². The SMILES string of the molecule is CCn1c(=O)c(C)nc2cc(C(=O)O[C@@H](C)C(=O)c3cc(C)ccc3C)ccc21. The molecule has 0 aliphatic rings. The summed E-state index contributed by atoms with van der Waals surface area (Å²) < 4.78 is 7.03. The summed E-state index contributed by atoms with van der Waals surface area (Å²) in [4.78, 5) is 41.9. The van der Waals surface area contributed by atoms with Crippen molar-refractivity contribution >= 4 is 22.8 Å². The minimum atomic E-state index is -0.919. The van der Waals surface area contributed by atoms with Gasteiger partial charge in [0.1, 0.15) is 5.69 Å². The molecule has 0 saturated heterocycles. The highest BCUT2D eigenvalue weighted by molar-refractivity contribution is 6.03. The summed E-state index contributed by atoms with van der Waals surface area (Å²) in [5, 5.41) is 0. The first-order chi connectivity index (χ1) is 13.7. The van der Waals surface area contributed by atoms with E-state index in [1.54, 1.807) is 42.7 Å². The number of carbonyl (C=O) groups excluding carboxylic acids is 2. The molecule has 0 aliphatic carbocycles. The summed E-state index contributed by atoms with van der Waals surface area (Å²) in [7, 11) is 0. The molecule has 1 heterocycles. The Bertz CT molecular complexity index is 1180. The van der Waals surface area contributed by atoms with Crippen LogP contribution in [0, 0.1) is 20.8 Å². The molecule has 29 heavy (non-hydrogen) atoms. The molecule has 1 atom stereocenters. The van der Waals surface area contributed by atoms with Crippen molar-refractivity contribution in [2.45, 2.75) is 47.3 Å². The molecule has 0 saturated carbocycles. The van der Waals surface area contributed by atoms with Crippen molar-refractivity contribution in [1.82, 2.24) is 9.55 Å². The summed E-state index contributed by atoms with van der Waals surface area (Å²) in [6.45, 7) is 9.36. The molecule has 6 nitrogen and oxygen atoms in total. The second kappa shape index (κ2) is 7.99. The minimum absolute atomic E-state index is 0.150. The van der Waals surface area contributed by atoms with Crippen molar-refractivity contribution in [3.8, 4) is 0 Å². The lowest BCUT2D eigenvalue weighted by molar-refractivity contribution is 0.0318. The lowest BCUT2D eigenvalue weighted by Gasteiger charge is -2.15. The Morgan fingerprint density at radius 2 is 1.83 bits per heavy atom. The Balaban J connectivity index is 1.87. The first-order valence-electron chi connectivity index (χ1n) is 9.56. The highest BCUT2D eigenvalue weighted by Crippen LogP contribution is 2.18. The fourth-order valence-electron chi connectivity index (χ4n) is 3.32. The van der Waals surface area contributed by atoms with Gasteiger partial charge in [0.15, 0.2) is 6.10 Å². The van der Waals surface area contributed by atoms with Gasteiger partial charge in [-0.3, -0.25) is 9.59 Å². The number of ketones is 1. The molecule has 0 fully saturated rings. The number of ether oxygens (including phenoxy) is 1. The Hall–Kier alpha value is -3.28. The number of benzene rings is 2. The van der Waals surface area contributed by atoms with E-state index >= 15 is 0 Å². The van der Waals surface area contributed by atoms with Crippen LogP contribution in [0.1, 0.15) is 51.4 Å². The summed E-state index contributed by atoms with van der Waals surface area (Å²) in [6.07, 6.45) is -0.919. The van der Waals surface area contributed by atoms with Crippen LogP contribution in [0.15, 0.2) is 41.2 Å². The highest BCUT2D eigenvalue weighted by Gasteiger charge is 2.22. The molecule has 0 bridgehead atoms. The number of nitrogens with zero attached hydrogens (tertiary/aromatic N) is 2. The molecule has 0 unspecified atom stereocenters. The van der Waals surface area contributed by atoms with E-state index in [4.69, 9.17) is 4.74 Å². The number of hydrogen-bond donors (Lipinski definition) is 0. The summed E-state index contributed by atoms with van der Waals surface area (Å²) in [5.74, 6) is -0.846. The lowest BCUT2D eigenvalue weighted by Crippen LogP contribution is -2.25. The van der Waals surface area contributed by atoms with Crippen LogP contribution in [-0.4, -0.2) is 27.4 Å². The zero-order valence-electron chi connectivity index (χ0n) is 17.3. The van der Waals surface area contributed by atoms with E-state index in [9.17, 15) is 14.4 Å². The normalized spacial score (nSPS) is 12.0. The molecular formula is C23H24N2O4. The highest BCUT2D eigenvalue weighted by atomic mass is 16.5. The first kappa shape index (κ1) is 20.5. The number of aryl methyl sites for hydroxylation is 4. The number of aromatic nitrogens is 2. The van der Waals surface area contributed by atoms with Gasteiger partial charge in [0.25, 0.3) is 5.56 Å². The fourth-order valence-corrected chi connectivity index (χ4v) is 3.32. The van der Waals surface area contributed by atoms with Gasteiger partial charge in [0.05, 0.1) is 16.6 Å². The minimum Gasteiger partial charge on any atom is -0.451 e. The van der Waals surface area contributed by atoms with Gasteiger partial charge in [0, 0.05) is 12.1 Å². The van der Waals surface area contributed by atoms with Crippen LogP contribution in [0.4, 0.5) is 0 Å². The molecule has 0 radical (unpaired) electrons. The Morgan fingerprint density at radius 1 is 1.10 bits per heavy atom. The molecule has 1 aromatic heterocycles. The van der Waals surface area contributed by atoms with Crippen molar-refractivity contribution in [3.63, 3.8) is 0 Å². The first-order valence-corrected chi connectivity index (χ1v) is 9.56. The Labute approximate surface area is 169 Å². The molecular weight excluding hydrogens is 368 g/mol. The van der Waals surface area contributed by atoms with E-state index in [0.29, 0.717) is 28.8 Å². The van der Waals surface area contributed by atoms with Gasteiger partial charge < -0.3 is 9.30 Å². The number of carbonyl (C=O) groups is 2. The number of fused-ring (bicyclic) bond motifs is 1. The zero-order valence-corrected chi connectivity index (χ0v) is 17.3. The van der Waals surface area contributed by atoms with Crippen LogP contribution in [0.2, 0.25) is 0 Å². The standard InChI is InChI=1S/C23H24N2O4/c1-6-25-20-10-9-17(12-19(20)24-15(4)22(25)27)23(28)29-16(5)21(26)18-11-13(2)7-8-14(18)3/h7-12,16H,6H2,1-5H3/t16-/m0/s1. The maximum Gasteiger partial charge on any atom is 0.338 e. The molecule has 150 valence electrons. The maximum absolute atomic E-state index is 12.7. The van der Waals surface area contributed by atoms with Gasteiger partial charge >= 0.3 is 5.97 Å². The van der Waals surface area contributed by atoms with Crippen LogP contribution >= 0.6 is 0 Å². The van der Waals surface area contributed by atoms with Crippen molar-refractivity contribution in [3.05, 3.63) is 74.7 Å². The molecule has 3 rings (SSSR count). The monoisotopic (exact) mass is 392 g/mol. The molecule has 0 spiro atoms. The third-order valence-electron chi connectivity index (χ3n) is 4.97. The molecule has 0 amide bonds. The van der Waals surface area contributed by atoms with Crippen LogP contribution in [0.5, 0.6) is 0 Å². The average molecular weight is 392 g/mol. The smallest absolute Gasteiger partial charge is 0.338 e. The van der Waals surface area contributed by atoms with Gasteiger partial charge in [-0.05, 0) is 64.4 Å². The van der Waals surface area contributed by atoms with Crippen molar-refractivity contribution in [1.29, 1.82) is 0 Å². The van der Waals surface area contributed by atoms with Gasteiger partial charge in [0.2, 0.25) is 5.78 Å². The molecule has 0 N–H and O–H groups in total. The molecule has 6 heteroatoms. The van der Waals surface area contributed by atoms with Crippen LogP contribution in [0.3, 0.4) is 0 Å². The van der Waals surface area contributed by atoms with E-state index in [1.807, 2.05) is 32.9 Å². The number of hydrogen-bond acceptors (Lipinski definition) is 5. The fraction of sp³-hybridized carbons (Fsp3) is 0.304. The van der Waals surface area contributed by atoms with E-state index in [-0.39, 0.29) is 16.9 Å². The predicted molar refractivity (Wildman–Crippen MR) is 112 cm³/mol. The van der Waals surface area contributed by atoms with Gasteiger partial charge in [-0.2, -0.15) is 0 Å². The second-order valence-electron chi connectivity index (χ2n) is 7.18. The van der Waals surface area contributed by atoms with E-state index < -0.39 is 12.1 Å². The quantitative estimate of drug-likeness (QED) is 0.488. The summed E-state index contributed by atoms with van der Waals surface area (Å²) in [5.41, 5.74) is 4.04. The largest absolute Gasteiger partial charge is 0.451 e. The van der Waals surface area contributed by atoms with E-state index in [2.05, 4.69) is 4.98 Å². The maximum atomic E-state index is 12.7.